The van der Waals surface area contributed by atoms with Crippen LogP contribution in [0.4, 0.5) is 10.1 Å². The van der Waals surface area contributed by atoms with Gasteiger partial charge in [0.2, 0.25) is 5.91 Å². The fraction of sp³-hybridized carbons (Fsp3) is 0.200. The lowest BCUT2D eigenvalue weighted by Gasteiger charge is -2.04. The molecule has 0 heterocycles. The minimum absolute atomic E-state index is 0.0878. The highest BCUT2D eigenvalue weighted by Gasteiger charge is 2.09. The number of benzene rings is 1. The summed E-state index contributed by atoms with van der Waals surface area (Å²) < 4.78 is 13.1. The molecule has 0 saturated heterocycles. The molecule has 0 spiro atoms. The van der Waals surface area contributed by atoms with E-state index in [4.69, 9.17) is 0 Å². The predicted octanol–water partition coefficient (Wildman–Crippen LogP) is 2.12. The van der Waals surface area contributed by atoms with Gasteiger partial charge in [0.05, 0.1) is 17.4 Å². The Morgan fingerprint density at radius 3 is 2.60 bits per heavy atom. The molecular formula is C10H9BrFNO2. The molecule has 0 aliphatic heterocycles. The molecule has 1 N–H and O–H groups in total. The second-order valence-electron chi connectivity index (χ2n) is 2.88. The van der Waals surface area contributed by atoms with Gasteiger partial charge in [-0.15, -0.1) is 0 Å². The first kappa shape index (κ1) is 11.8. The zero-order valence-corrected chi connectivity index (χ0v) is 9.38. The van der Waals surface area contributed by atoms with Crippen LogP contribution >= 0.6 is 15.9 Å². The van der Waals surface area contributed by atoms with E-state index in [9.17, 15) is 14.0 Å². The number of halogens is 2. The van der Waals surface area contributed by atoms with E-state index in [2.05, 4.69) is 21.2 Å². The van der Waals surface area contributed by atoms with E-state index in [1.807, 2.05) is 0 Å². The molecule has 0 radical (unpaired) electrons. The third-order valence-electron chi connectivity index (χ3n) is 1.65. The van der Waals surface area contributed by atoms with Gasteiger partial charge in [0.15, 0.2) is 5.78 Å². The van der Waals surface area contributed by atoms with Crippen molar-refractivity contribution in [3.63, 3.8) is 0 Å². The summed E-state index contributed by atoms with van der Waals surface area (Å²) in [5.74, 6) is -1.27. The first-order chi connectivity index (χ1) is 7.13. The Balaban J connectivity index is 2.59. The molecule has 3 nitrogen and oxygen atoms in total. The van der Waals surface area contributed by atoms with Crippen LogP contribution in [0.3, 0.4) is 0 Å². The van der Waals surface area contributed by atoms with Crippen LogP contribution in [0.15, 0.2) is 24.3 Å². The molecule has 0 aromatic heterocycles. The summed E-state index contributed by atoms with van der Waals surface area (Å²) >= 11 is 2.94. The van der Waals surface area contributed by atoms with Crippen LogP contribution in [0.5, 0.6) is 0 Å². The van der Waals surface area contributed by atoms with Crippen molar-refractivity contribution in [3.05, 3.63) is 30.1 Å². The Hall–Kier alpha value is -1.23. The highest BCUT2D eigenvalue weighted by molar-refractivity contribution is 9.09. The normalized spacial score (nSPS) is 9.73. The van der Waals surface area contributed by atoms with Gasteiger partial charge in [0.1, 0.15) is 5.82 Å². The van der Waals surface area contributed by atoms with Crippen molar-refractivity contribution in [2.24, 2.45) is 0 Å². The number of alkyl halides is 1. The lowest BCUT2D eigenvalue weighted by molar-refractivity contribution is -0.123. The van der Waals surface area contributed by atoms with Crippen molar-refractivity contribution in [1.29, 1.82) is 0 Å². The quantitative estimate of drug-likeness (QED) is 0.675. The number of hydrogen-bond acceptors (Lipinski definition) is 2. The predicted molar refractivity (Wildman–Crippen MR) is 58.4 cm³/mol. The van der Waals surface area contributed by atoms with Crippen molar-refractivity contribution in [3.8, 4) is 0 Å². The molecule has 5 heteroatoms. The number of nitrogens with one attached hydrogen (secondary N) is 1. The Morgan fingerprint density at radius 2 is 2.00 bits per heavy atom. The third kappa shape index (κ3) is 3.79. The van der Waals surface area contributed by atoms with Crippen LogP contribution in [0.1, 0.15) is 6.42 Å². The zero-order chi connectivity index (χ0) is 11.3. The van der Waals surface area contributed by atoms with Crippen molar-refractivity contribution >= 4 is 33.3 Å². The molecule has 0 fully saturated rings. The van der Waals surface area contributed by atoms with Crippen molar-refractivity contribution in [1.82, 2.24) is 0 Å². The van der Waals surface area contributed by atoms with E-state index in [-0.39, 0.29) is 23.2 Å². The van der Waals surface area contributed by atoms with Gasteiger partial charge in [-0.05, 0) is 12.1 Å². The van der Waals surface area contributed by atoms with Gasteiger partial charge in [-0.2, -0.15) is 0 Å². The van der Waals surface area contributed by atoms with E-state index in [0.717, 1.165) is 0 Å². The third-order valence-corrected chi connectivity index (χ3v) is 2.28. The summed E-state index contributed by atoms with van der Waals surface area (Å²) in [6.07, 6.45) is -0.250. The number of Topliss-reactive ketones (excluding diaryl/α,β-unsaturated/α-hetero) is 1. The van der Waals surface area contributed by atoms with Crippen LogP contribution < -0.4 is 5.32 Å². The first-order valence-corrected chi connectivity index (χ1v) is 5.37. The lowest BCUT2D eigenvalue weighted by Crippen LogP contribution is -2.17. The second kappa shape index (κ2) is 5.60. The summed E-state index contributed by atoms with van der Waals surface area (Å²) in [6, 6.07) is 5.80. The Morgan fingerprint density at radius 1 is 1.33 bits per heavy atom. The number of carbonyl (C=O) groups is 2. The molecule has 1 amide bonds. The molecule has 0 bridgehead atoms. The first-order valence-electron chi connectivity index (χ1n) is 4.25. The number of amides is 1. The van der Waals surface area contributed by atoms with Crippen molar-refractivity contribution < 1.29 is 14.0 Å². The summed E-state index contributed by atoms with van der Waals surface area (Å²) in [7, 11) is 0. The SMILES string of the molecule is O=C(CBr)CC(=O)Nc1ccccc1F. The lowest BCUT2D eigenvalue weighted by atomic mass is 10.2. The Bertz CT molecular complexity index is 381. The molecule has 80 valence electrons. The van der Waals surface area contributed by atoms with Crippen LogP contribution in [-0.2, 0) is 9.59 Å². The number of hydrogen-bond donors (Lipinski definition) is 1. The molecule has 15 heavy (non-hydrogen) atoms. The summed E-state index contributed by atoms with van der Waals surface area (Å²) in [5, 5.41) is 2.44. The number of para-hydroxylation sites is 1. The van der Waals surface area contributed by atoms with Gasteiger partial charge in [-0.3, -0.25) is 9.59 Å². The molecule has 0 aliphatic carbocycles. The second-order valence-corrected chi connectivity index (χ2v) is 3.44. The standard InChI is InChI=1S/C10H9BrFNO2/c11-6-7(14)5-10(15)13-9-4-2-1-3-8(9)12/h1-4H,5-6H2,(H,13,15). The fourth-order valence-electron chi connectivity index (χ4n) is 0.983. The minimum atomic E-state index is -0.517. The van der Waals surface area contributed by atoms with Gasteiger partial charge >= 0.3 is 0 Å². The summed E-state index contributed by atoms with van der Waals surface area (Å²) in [5.41, 5.74) is 0.0878. The van der Waals surface area contributed by atoms with Gasteiger partial charge in [-0.25, -0.2) is 4.39 Å². The average Bonchev–Trinajstić information content (AvgIpc) is 2.21. The summed E-state index contributed by atoms with van der Waals surface area (Å²) in [4.78, 5) is 22.1. The highest BCUT2D eigenvalue weighted by Crippen LogP contribution is 2.12. The number of ketones is 1. The van der Waals surface area contributed by atoms with E-state index in [1.54, 1.807) is 6.07 Å². The topological polar surface area (TPSA) is 46.2 Å². The molecular weight excluding hydrogens is 265 g/mol. The summed E-state index contributed by atoms with van der Waals surface area (Å²) in [6.45, 7) is 0. The van der Waals surface area contributed by atoms with Crippen molar-refractivity contribution in [2.75, 3.05) is 10.6 Å². The maximum Gasteiger partial charge on any atom is 0.231 e. The highest BCUT2D eigenvalue weighted by atomic mass is 79.9. The van der Waals surface area contributed by atoms with Gasteiger partial charge in [-0.1, -0.05) is 28.1 Å². The minimum Gasteiger partial charge on any atom is -0.323 e. The van der Waals surface area contributed by atoms with E-state index in [1.165, 1.54) is 18.2 Å². The molecule has 0 saturated carbocycles. The molecule has 1 aromatic carbocycles. The van der Waals surface area contributed by atoms with E-state index in [0.29, 0.717) is 0 Å². The van der Waals surface area contributed by atoms with E-state index >= 15 is 0 Å². The number of anilines is 1. The van der Waals surface area contributed by atoms with Gasteiger partial charge in [0.25, 0.3) is 0 Å². The van der Waals surface area contributed by atoms with Crippen molar-refractivity contribution in [2.45, 2.75) is 6.42 Å². The molecule has 1 rings (SSSR count). The van der Waals surface area contributed by atoms with E-state index < -0.39 is 11.7 Å². The molecule has 0 unspecified atom stereocenters. The van der Waals surface area contributed by atoms with Crippen LogP contribution in [0.25, 0.3) is 0 Å². The molecule has 1 aromatic rings. The smallest absolute Gasteiger partial charge is 0.231 e. The fourth-order valence-corrected chi connectivity index (χ4v) is 1.18. The van der Waals surface area contributed by atoms with Gasteiger partial charge < -0.3 is 5.32 Å². The largest absolute Gasteiger partial charge is 0.323 e. The average molecular weight is 274 g/mol. The monoisotopic (exact) mass is 273 g/mol. The Kier molecular flexibility index (Phi) is 4.42. The molecule has 0 atom stereocenters. The van der Waals surface area contributed by atoms with Crippen LogP contribution in [0.2, 0.25) is 0 Å². The maximum atomic E-state index is 13.1. The number of carbonyl (C=O) groups excluding carboxylic acids is 2. The zero-order valence-electron chi connectivity index (χ0n) is 7.80. The maximum absolute atomic E-state index is 13.1. The van der Waals surface area contributed by atoms with Crippen LogP contribution in [0, 0.1) is 5.82 Å². The van der Waals surface area contributed by atoms with Gasteiger partial charge in [0, 0.05) is 0 Å². The number of rotatable bonds is 4. The Labute approximate surface area is 94.8 Å². The molecule has 0 aliphatic rings. The van der Waals surface area contributed by atoms with Crippen LogP contribution in [-0.4, -0.2) is 17.0 Å².